The minimum absolute atomic E-state index is 0.00113. The van der Waals surface area contributed by atoms with Crippen LogP contribution >= 0.6 is 0 Å². The van der Waals surface area contributed by atoms with Crippen LogP contribution in [-0.4, -0.2) is 12.7 Å². The van der Waals surface area contributed by atoms with Gasteiger partial charge in [0.2, 0.25) is 22.8 Å². The molecule has 150 heavy (non-hydrogen) atoms. The Morgan fingerprint density at radius 2 is 0.500 bits per heavy atom. The lowest BCUT2D eigenvalue weighted by atomic mass is 9.77. The third-order valence-corrected chi connectivity index (χ3v) is 24.6. The molecule has 0 saturated carbocycles. The molecule has 0 aliphatic heterocycles. The van der Waals surface area contributed by atoms with E-state index in [1.54, 1.807) is 121 Å². The van der Waals surface area contributed by atoms with E-state index in [-0.39, 0.29) is 246 Å². The predicted molar refractivity (Wildman–Crippen MR) is 537 cm³/mol. The van der Waals surface area contributed by atoms with Crippen LogP contribution in [0.25, 0.3) is 173 Å². The number of alkyl halides is 12. The highest BCUT2D eigenvalue weighted by molar-refractivity contribution is 6.41. The maximum atomic E-state index is 14.4. The number of allylic oxidation sites excluding steroid dienone is 12. The average Bonchev–Trinajstić information content (AvgIpc) is 1.52. The topological polar surface area (TPSA) is 244 Å². The monoisotopic (exact) mass is 1970 g/mol. The number of nitrogens with zero attached hydrogens (tertiary/aromatic N) is 16. The first kappa shape index (κ1) is 99.2. The molecular weight excluding hydrogens is 1930 g/mol. The molecule has 704 valence electrons. The molecule has 18 nitrogen and oxygen atoms in total. The lowest BCUT2D eigenvalue weighted by molar-refractivity contribution is -0.275. The van der Waals surface area contributed by atoms with Crippen molar-refractivity contribution in [2.75, 3.05) is 0 Å². The largest absolute Gasteiger partial charge is 0.573 e. The Hall–Kier alpha value is -22.4. The number of fused-ring (bicyclic) bond motifs is 4. The highest BCUT2D eigenvalue weighted by atomic mass is 19.4. The molecule has 0 unspecified atom stereocenters. The zero-order chi connectivity index (χ0) is 107. The quantitative estimate of drug-likeness (QED) is 0.0566. The number of hydrogen-bond donors (Lipinski definition) is 0. The highest BCUT2D eigenvalue weighted by Gasteiger charge is 2.48. The van der Waals surface area contributed by atoms with E-state index in [9.17, 15) is 94.8 Å². The van der Waals surface area contributed by atoms with Gasteiger partial charge in [-0.3, -0.25) is 0 Å². The second-order valence-electron chi connectivity index (χ2n) is 33.0. The summed E-state index contributed by atoms with van der Waals surface area (Å²) in [5, 5.41) is 87.1. The van der Waals surface area contributed by atoms with Crippen molar-refractivity contribution in [3.05, 3.63) is 505 Å². The van der Waals surface area contributed by atoms with Gasteiger partial charge >= 0.3 is 25.1 Å². The van der Waals surface area contributed by atoms with Crippen LogP contribution in [0, 0.1) is 143 Å². The van der Waals surface area contributed by atoms with Crippen molar-refractivity contribution in [1.82, 2.24) is 0 Å². The van der Waals surface area contributed by atoms with Crippen LogP contribution < -0.4 is 9.47 Å². The molecule has 0 aromatic heterocycles. The van der Waals surface area contributed by atoms with Crippen LogP contribution in [0.1, 0.15) is 122 Å². The molecule has 0 heterocycles. The minimum Gasteiger partial charge on any atom is -0.406 e. The minimum atomic E-state index is -5.13. The number of benzene rings is 14. The summed E-state index contributed by atoms with van der Waals surface area (Å²) in [7, 11) is 0. The molecule has 0 radical (unpaired) electrons. The van der Waals surface area contributed by atoms with Gasteiger partial charge in [0.1, 0.15) is 35.8 Å². The van der Waals surface area contributed by atoms with Crippen LogP contribution in [-0.2, 0) is 12.4 Å². The first-order valence-electron chi connectivity index (χ1n) is 43.8. The molecule has 0 saturated heterocycles. The second kappa shape index (κ2) is 39.9. The van der Waals surface area contributed by atoms with E-state index >= 15 is 0 Å². The molecule has 4 aliphatic carbocycles. The maximum absolute atomic E-state index is 14.4. The summed E-state index contributed by atoms with van der Waals surface area (Å²) >= 11 is 0. The Balaban J connectivity index is 0.000000204. The molecule has 14 aromatic carbocycles. The number of rotatable bonds is 14. The van der Waals surface area contributed by atoms with Gasteiger partial charge in [-0.2, -0.15) is 68.4 Å². The number of halogens is 12. The van der Waals surface area contributed by atoms with Gasteiger partial charge in [-0.05, 0) is 252 Å². The lowest BCUT2D eigenvalue weighted by Gasteiger charge is -2.25. The number of hydrogen-bond acceptors (Lipinski definition) is 10. The smallest absolute Gasteiger partial charge is 0.406 e. The van der Waals surface area contributed by atoms with E-state index in [1.807, 2.05) is 24.3 Å². The fraction of sp³-hybridized carbons (Fsp3) is 0.0333. The molecule has 14 aromatic rings. The molecule has 0 fully saturated rings. The van der Waals surface area contributed by atoms with Crippen molar-refractivity contribution in [3.63, 3.8) is 0 Å². The van der Waals surface area contributed by atoms with Crippen LogP contribution in [0.4, 0.5) is 75.4 Å². The van der Waals surface area contributed by atoms with Gasteiger partial charge in [0.25, 0.3) is 0 Å². The van der Waals surface area contributed by atoms with E-state index in [0.29, 0.717) is 22.3 Å². The molecule has 0 bridgehead atoms. The summed E-state index contributed by atoms with van der Waals surface area (Å²) in [5.74, 6) is -1.29. The first-order valence-corrected chi connectivity index (χ1v) is 43.8. The van der Waals surface area contributed by atoms with Crippen LogP contribution in [0.2, 0.25) is 0 Å². The Labute approximate surface area is 846 Å². The van der Waals surface area contributed by atoms with Crippen LogP contribution in [0.3, 0.4) is 0 Å². The molecule has 0 spiro atoms. The van der Waals surface area contributed by atoms with Crippen molar-refractivity contribution < 1.29 is 62.2 Å². The number of ether oxygens (including phenoxy) is 2. The van der Waals surface area contributed by atoms with Crippen molar-refractivity contribution in [2.45, 2.75) is 25.1 Å². The van der Waals surface area contributed by atoms with Gasteiger partial charge in [0, 0.05) is 11.1 Å². The van der Waals surface area contributed by atoms with Gasteiger partial charge in [0.15, 0.2) is 22.7 Å². The SMILES string of the molecule is [C-]#[N+]C1=C(c2ccccc2)/C(=C(/C#N)c2cc([N+]#[C-])cc([N+]#[C-])c2)c2c1c(-c1ccc(C(F)(F)F)cc1)c1c(c2-c2ccc(C(F)(F)F)cc2)C(C#N)=C(c2ccccc2)/C1=C(/[N+]#[C-])c1cc(C#N)cc(C#N)c1.[C-]#[N+]C1=C(c2ccccc2)/C(=C(/C#N)c2cc([N+]#[C-])cc([N+]#[C-])c2)c2c1c(-c1ccc(OC(F)(F)F)cc1)c1c(c2-c2ccc(OC(F)(F)F)cc2)C(C#N)=C(c2ccccc2)/C1=C(/[N+]#[C-])c1cc(C#N)cc(C#N)c1. The van der Waals surface area contributed by atoms with E-state index < -0.39 is 47.7 Å². The summed E-state index contributed by atoms with van der Waals surface area (Å²) in [6, 6.07) is 83.2. The predicted octanol–water partition coefficient (Wildman–Crippen LogP) is 32.5. The van der Waals surface area contributed by atoms with Crippen molar-refractivity contribution in [1.29, 1.82) is 42.1 Å². The third-order valence-electron chi connectivity index (χ3n) is 24.6. The molecule has 18 rings (SSSR count). The standard InChI is InChI=1S/C60H24F6N8O2.C60H24F6N8/c1-71-41-26-39(27-42(28-41)72-2)45(31-69)51-50(36-13-9-6-10-14-36)58(74-4)56-49(38-17-21-44(22-18-38)76-60(64,65)66)54-52(48(53(51)56)37-15-19-43(20-16-37)75-59(61,62)63)46(32-70)47(35-11-7-5-8-12-35)55(54)57(73-3)40-24-33(29-67)23-34(25-40)30-68;1-71-43-26-39(27-44(28-43)72-2)45(31-69)51-50(36-13-9-6-10-14-36)58(74-4)56-49(38-17-21-42(22-18-38)60(64,65)66)54-52(48(53(51)56)37-15-19-41(20-16-37)59(61,62)63)46(32-70)47(35-11-7-5-8-12-35)55(54)57(73-3)40-24-33(29-67)23-34(25-40)30-68/h5-28H;5-28H/b2*51-45+,57-55-. The maximum Gasteiger partial charge on any atom is 0.573 e. The lowest BCUT2D eigenvalue weighted by Crippen LogP contribution is -2.17. The summed E-state index contributed by atoms with van der Waals surface area (Å²) in [5.41, 5.74) is -2.07. The Morgan fingerprint density at radius 1 is 0.240 bits per heavy atom. The van der Waals surface area contributed by atoms with E-state index in [4.69, 9.17) is 52.6 Å². The molecule has 0 N–H and O–H groups in total. The first-order chi connectivity index (χ1) is 72.2. The normalized spacial score (nSPS) is 13.8. The molecule has 4 aliphatic rings. The van der Waals surface area contributed by atoms with Crippen LogP contribution in [0.5, 0.6) is 11.5 Å². The van der Waals surface area contributed by atoms with E-state index in [1.165, 1.54) is 97.1 Å². The van der Waals surface area contributed by atoms with E-state index in [2.05, 4.69) is 72.5 Å². The second-order valence-corrected chi connectivity index (χ2v) is 33.0. The van der Waals surface area contributed by atoms with E-state index in [0.717, 1.165) is 72.8 Å². The van der Waals surface area contributed by atoms with Crippen LogP contribution in [0.15, 0.2) is 291 Å². The van der Waals surface area contributed by atoms with Crippen molar-refractivity contribution >= 4 is 112 Å². The summed E-state index contributed by atoms with van der Waals surface area (Å²) < 4.78 is 178. The van der Waals surface area contributed by atoms with Gasteiger partial charge in [-0.1, -0.05) is 206 Å². The van der Waals surface area contributed by atoms with Gasteiger partial charge in [-0.15, -0.1) is 26.3 Å². The Bertz CT molecular complexity index is 8630. The summed E-state index contributed by atoms with van der Waals surface area (Å²) in [4.78, 5) is 30.4. The van der Waals surface area contributed by atoms with Crippen molar-refractivity contribution in [2.24, 2.45) is 0 Å². The fourth-order valence-corrected chi connectivity index (χ4v) is 19.0. The highest BCUT2D eigenvalue weighted by Crippen LogP contribution is 2.68. The Morgan fingerprint density at radius 3 is 0.733 bits per heavy atom. The molecular formula is C120H48F12N16O2. The molecule has 0 amide bonds. The van der Waals surface area contributed by atoms with Gasteiger partial charge < -0.3 is 9.47 Å². The summed E-state index contributed by atoms with van der Waals surface area (Å²) in [6.45, 7) is 67.5. The Kier molecular flexibility index (Phi) is 26.4. The zero-order valence-electron chi connectivity index (χ0n) is 76.2. The summed E-state index contributed by atoms with van der Waals surface area (Å²) in [6.07, 6.45) is -19.9. The molecule has 30 heteroatoms. The number of nitriles is 8. The molecule has 0 atom stereocenters. The fourth-order valence-electron chi connectivity index (χ4n) is 19.0. The van der Waals surface area contributed by atoms with Gasteiger partial charge in [0.05, 0.1) is 133 Å². The average molecular weight is 1970 g/mol. The zero-order valence-corrected chi connectivity index (χ0v) is 76.2. The van der Waals surface area contributed by atoms with Gasteiger partial charge in [-0.25, -0.2) is 38.8 Å². The van der Waals surface area contributed by atoms with Crippen molar-refractivity contribution in [3.8, 4) is 105 Å². The third kappa shape index (κ3) is 18.2.